The highest BCUT2D eigenvalue weighted by Crippen LogP contribution is 2.46. The van der Waals surface area contributed by atoms with E-state index < -0.39 is 0 Å². The molecule has 1 fully saturated rings. The molecule has 8 heteroatoms. The lowest BCUT2D eigenvalue weighted by Crippen LogP contribution is -2.19. The minimum atomic E-state index is -0.222. The highest BCUT2D eigenvalue weighted by molar-refractivity contribution is 6.21. The molecule has 2 atom stereocenters. The third kappa shape index (κ3) is 5.43. The Labute approximate surface area is 266 Å². The van der Waals surface area contributed by atoms with Crippen LogP contribution in [0.5, 0.6) is 0 Å². The molecule has 0 radical (unpaired) electrons. The first kappa shape index (κ1) is 31.0. The second-order valence-electron chi connectivity index (χ2n) is 12.7. The van der Waals surface area contributed by atoms with E-state index in [1.807, 2.05) is 6.92 Å². The van der Waals surface area contributed by atoms with Crippen molar-refractivity contribution in [1.29, 1.82) is 0 Å². The number of unbranched alkanes of at least 4 members (excludes halogenated alkanes) is 1. The second kappa shape index (κ2) is 12.4. The van der Waals surface area contributed by atoms with Gasteiger partial charge in [0, 0.05) is 53.8 Å². The van der Waals surface area contributed by atoms with Gasteiger partial charge in [0.25, 0.3) is 0 Å². The Balaban J connectivity index is 1.54. The van der Waals surface area contributed by atoms with Gasteiger partial charge in [-0.05, 0) is 92.7 Å². The molecule has 8 nitrogen and oxygen atoms in total. The van der Waals surface area contributed by atoms with Gasteiger partial charge in [-0.2, -0.15) is 0 Å². The fourth-order valence-corrected chi connectivity index (χ4v) is 7.27. The molecule has 5 aliphatic heterocycles. The highest BCUT2D eigenvalue weighted by Gasteiger charge is 2.41. The molecule has 1 saturated heterocycles. The molecule has 5 heterocycles. The quantitative estimate of drug-likeness (QED) is 0.193. The Hall–Kier alpha value is -4.04. The van der Waals surface area contributed by atoms with Crippen molar-refractivity contribution in [3.05, 3.63) is 91.5 Å². The number of esters is 1. The van der Waals surface area contributed by atoms with Gasteiger partial charge in [0.05, 0.1) is 41.3 Å². The molecule has 0 amide bonds. The fraction of sp³-hybridized carbons (Fsp3) is 0.459. The molecule has 0 aromatic heterocycles. The van der Waals surface area contributed by atoms with Crippen LogP contribution in [-0.4, -0.2) is 48.4 Å². The molecule has 45 heavy (non-hydrogen) atoms. The van der Waals surface area contributed by atoms with E-state index in [1.54, 1.807) is 0 Å². The van der Waals surface area contributed by atoms with Crippen molar-refractivity contribution in [2.75, 3.05) is 20.2 Å². The summed E-state index contributed by atoms with van der Waals surface area (Å²) in [6, 6.07) is 0. The molecule has 1 unspecified atom stereocenters. The molecule has 0 aromatic rings. The van der Waals surface area contributed by atoms with Gasteiger partial charge < -0.3 is 20.5 Å². The van der Waals surface area contributed by atoms with E-state index in [9.17, 15) is 9.90 Å². The number of ether oxygens (including phenoxy) is 1. The van der Waals surface area contributed by atoms with Crippen molar-refractivity contribution >= 4 is 23.1 Å². The van der Waals surface area contributed by atoms with E-state index in [1.165, 1.54) is 18.3 Å². The van der Waals surface area contributed by atoms with Crippen molar-refractivity contribution in [3.63, 3.8) is 0 Å². The van der Waals surface area contributed by atoms with Gasteiger partial charge in [0.2, 0.25) is 0 Å². The van der Waals surface area contributed by atoms with Crippen LogP contribution < -0.4 is 10.6 Å². The molecule has 8 bridgehead atoms. The monoisotopic (exact) mass is 607 g/mol. The number of fused-ring (bicyclic) bond motifs is 5. The lowest BCUT2D eigenvalue weighted by molar-refractivity contribution is -0.140. The molecule has 1 aliphatic carbocycles. The summed E-state index contributed by atoms with van der Waals surface area (Å²) in [5.41, 5.74) is 14.9. The van der Waals surface area contributed by atoms with Crippen molar-refractivity contribution in [2.24, 2.45) is 26.8 Å². The third-order valence-corrected chi connectivity index (χ3v) is 10.1. The number of rotatable bonds is 9. The lowest BCUT2D eigenvalue weighted by Gasteiger charge is -2.17. The molecule has 3 N–H and O–H groups in total. The Kier molecular flexibility index (Phi) is 8.53. The molecule has 236 valence electrons. The lowest BCUT2D eigenvalue weighted by atomic mass is 9.86. The van der Waals surface area contributed by atoms with Crippen LogP contribution in [0.3, 0.4) is 0 Å². The number of aliphatic imine (C=N–C) groups is 3. The molecular formula is C37H45N5O3. The Bertz CT molecular complexity index is 1720. The first-order valence-electron chi connectivity index (χ1n) is 16.4. The number of carbonyl (C=O) groups excluding carboxylic acids is 1. The number of allylic oxidation sites excluding steroid dienone is 11. The molecule has 6 aliphatic rings. The largest absolute Gasteiger partial charge is 0.511 e. The molecular weight excluding hydrogens is 562 g/mol. The van der Waals surface area contributed by atoms with Gasteiger partial charge in [-0.25, -0.2) is 15.0 Å². The predicted octanol–water partition coefficient (Wildman–Crippen LogP) is 7.00. The van der Waals surface area contributed by atoms with Crippen molar-refractivity contribution in [1.82, 2.24) is 10.6 Å². The number of hydrogen-bond acceptors (Lipinski definition) is 8. The summed E-state index contributed by atoms with van der Waals surface area (Å²) >= 11 is 0. The summed E-state index contributed by atoms with van der Waals surface area (Å²) in [6.07, 6.45) is 10.9. The third-order valence-electron chi connectivity index (χ3n) is 10.1. The van der Waals surface area contributed by atoms with E-state index in [-0.39, 0.29) is 17.8 Å². The van der Waals surface area contributed by atoms with Crippen LogP contribution in [-0.2, 0) is 9.53 Å². The SMILES string of the molecule is CCCCNCC1=C(C)C2=NC1=CC1=NC(=CC3=C(C)C4=C(O)CC(=C5NC(=C2)[C@@H](C)C5CCC(=O)OC)C4=N3)C(CC)=C1C. The van der Waals surface area contributed by atoms with Crippen LogP contribution in [0.4, 0.5) is 0 Å². The standard InChI is InChI=1S/C37H45N5O3/c1-8-10-13-38-18-26-21(5)27-15-29-20(4)24(11-12-34(44)45-7)36(41-29)25-14-33(43)35-22(6)30(42-37(25)35)17-31-23(9-2)19(3)28(39-31)16-32(26)40-27/h15-17,20,24,38,41,43H,8-14,18H2,1-7H3/t20-,24?/m0/s1. The van der Waals surface area contributed by atoms with Crippen LogP contribution in [0.25, 0.3) is 0 Å². The van der Waals surface area contributed by atoms with Gasteiger partial charge in [-0.1, -0.05) is 27.2 Å². The molecule has 0 aromatic carbocycles. The van der Waals surface area contributed by atoms with E-state index >= 15 is 0 Å². The molecule has 0 spiro atoms. The van der Waals surface area contributed by atoms with Gasteiger partial charge in [0.15, 0.2) is 0 Å². The van der Waals surface area contributed by atoms with E-state index in [2.05, 4.69) is 63.5 Å². The van der Waals surface area contributed by atoms with Gasteiger partial charge >= 0.3 is 5.97 Å². The van der Waals surface area contributed by atoms with Crippen molar-refractivity contribution < 1.29 is 14.6 Å². The minimum absolute atomic E-state index is 0.0360. The average Bonchev–Trinajstić information content (AvgIpc) is 3.77. The number of methoxy groups -OCH3 is 1. The zero-order chi connectivity index (χ0) is 32.0. The molecule has 0 saturated carbocycles. The summed E-state index contributed by atoms with van der Waals surface area (Å²) in [5.74, 6) is 0.255. The van der Waals surface area contributed by atoms with Crippen molar-refractivity contribution in [2.45, 2.75) is 80.1 Å². The van der Waals surface area contributed by atoms with Crippen LogP contribution in [0.15, 0.2) is 106 Å². The smallest absolute Gasteiger partial charge is 0.305 e. The van der Waals surface area contributed by atoms with Crippen LogP contribution >= 0.6 is 0 Å². The maximum absolute atomic E-state index is 12.3. The predicted molar refractivity (Wildman–Crippen MR) is 181 cm³/mol. The topological polar surface area (TPSA) is 108 Å². The summed E-state index contributed by atoms with van der Waals surface area (Å²) in [4.78, 5) is 27.7. The average molecular weight is 608 g/mol. The number of aliphatic hydroxyl groups excluding tert-OH is 1. The summed E-state index contributed by atoms with van der Waals surface area (Å²) in [7, 11) is 1.43. The number of hydrogen-bond donors (Lipinski definition) is 3. The second-order valence-corrected chi connectivity index (χ2v) is 12.7. The van der Waals surface area contributed by atoms with E-state index in [0.717, 1.165) is 106 Å². The number of carbonyl (C=O) groups is 1. The zero-order valence-corrected chi connectivity index (χ0v) is 27.6. The van der Waals surface area contributed by atoms with Crippen LogP contribution in [0.1, 0.15) is 80.1 Å². The molecule has 6 rings (SSSR count). The number of nitrogens with zero attached hydrogens (tertiary/aromatic N) is 3. The van der Waals surface area contributed by atoms with Crippen molar-refractivity contribution in [3.8, 4) is 0 Å². The Morgan fingerprint density at radius 2 is 1.73 bits per heavy atom. The van der Waals surface area contributed by atoms with Gasteiger partial charge in [0.1, 0.15) is 5.76 Å². The first-order chi connectivity index (χ1) is 21.7. The van der Waals surface area contributed by atoms with Gasteiger partial charge in [-0.15, -0.1) is 0 Å². The van der Waals surface area contributed by atoms with Crippen LogP contribution in [0.2, 0.25) is 0 Å². The van der Waals surface area contributed by atoms with E-state index in [0.29, 0.717) is 25.0 Å². The number of aliphatic hydroxyl groups is 1. The summed E-state index contributed by atoms with van der Waals surface area (Å²) in [6.45, 7) is 14.6. The normalized spacial score (nSPS) is 23.9. The zero-order valence-electron chi connectivity index (χ0n) is 27.6. The number of nitrogens with one attached hydrogen (secondary N) is 2. The highest BCUT2D eigenvalue weighted by atomic mass is 16.5. The van der Waals surface area contributed by atoms with Crippen LogP contribution in [0, 0.1) is 11.8 Å². The maximum atomic E-state index is 12.3. The summed E-state index contributed by atoms with van der Waals surface area (Å²) in [5, 5.41) is 18.6. The summed E-state index contributed by atoms with van der Waals surface area (Å²) < 4.78 is 5.01. The van der Waals surface area contributed by atoms with E-state index in [4.69, 9.17) is 19.7 Å². The van der Waals surface area contributed by atoms with Gasteiger partial charge in [-0.3, -0.25) is 4.79 Å². The maximum Gasteiger partial charge on any atom is 0.305 e. The minimum Gasteiger partial charge on any atom is -0.511 e. The Morgan fingerprint density at radius 3 is 2.44 bits per heavy atom. The fourth-order valence-electron chi connectivity index (χ4n) is 7.27. The Morgan fingerprint density at radius 1 is 1.02 bits per heavy atom. The first-order valence-corrected chi connectivity index (χ1v) is 16.4.